The molecule has 0 spiro atoms. The van der Waals surface area contributed by atoms with Crippen molar-refractivity contribution in [2.45, 2.75) is 25.8 Å². The third-order valence-electron chi connectivity index (χ3n) is 3.45. The van der Waals surface area contributed by atoms with Gasteiger partial charge in [0.2, 0.25) is 5.91 Å². The van der Waals surface area contributed by atoms with Crippen LogP contribution < -0.4 is 5.73 Å². The highest BCUT2D eigenvalue weighted by Crippen LogP contribution is 2.22. The number of likely N-dealkylation sites (tertiary alicyclic amines) is 1. The van der Waals surface area contributed by atoms with Crippen LogP contribution in [0.15, 0.2) is 0 Å². The van der Waals surface area contributed by atoms with Gasteiger partial charge in [0.1, 0.15) is 13.1 Å². The first-order valence-corrected chi connectivity index (χ1v) is 6.50. The lowest BCUT2D eigenvalue weighted by Crippen LogP contribution is -2.55. The second-order valence-electron chi connectivity index (χ2n) is 5.10. The van der Waals surface area contributed by atoms with Crippen LogP contribution in [0.3, 0.4) is 0 Å². The molecule has 2 atom stereocenters. The van der Waals surface area contributed by atoms with Crippen LogP contribution in [0.5, 0.6) is 0 Å². The van der Waals surface area contributed by atoms with Crippen LogP contribution in [0, 0.1) is 5.92 Å². The monoisotopic (exact) mass is 301 g/mol. The number of amides is 3. The molecule has 0 aliphatic carbocycles. The minimum Gasteiger partial charge on any atom is -0.480 e. The average Bonchev–Trinajstić information content (AvgIpc) is 2.36. The van der Waals surface area contributed by atoms with Crippen molar-refractivity contribution in [3.05, 3.63) is 0 Å². The highest BCUT2D eigenvalue weighted by atomic mass is 16.4. The number of hydrogen-bond donors (Lipinski definition) is 3. The molecule has 1 aliphatic rings. The molecule has 9 nitrogen and oxygen atoms in total. The number of urea groups is 1. The minimum atomic E-state index is -1.30. The number of primary amides is 1. The first-order valence-electron chi connectivity index (χ1n) is 6.50. The molecule has 1 rings (SSSR count). The summed E-state index contributed by atoms with van der Waals surface area (Å²) in [5.74, 6) is -3.63. The Balaban J connectivity index is 2.86. The predicted octanol–water partition coefficient (Wildman–Crippen LogP) is -0.837. The summed E-state index contributed by atoms with van der Waals surface area (Å²) in [6.45, 7) is 0.408. The van der Waals surface area contributed by atoms with E-state index in [0.29, 0.717) is 12.8 Å². The normalized spacial score (nSPS) is 21.7. The van der Waals surface area contributed by atoms with E-state index in [1.165, 1.54) is 4.90 Å². The van der Waals surface area contributed by atoms with Gasteiger partial charge in [-0.2, -0.15) is 0 Å². The Bertz CT molecular complexity index is 436. The van der Waals surface area contributed by atoms with E-state index in [2.05, 4.69) is 0 Å². The summed E-state index contributed by atoms with van der Waals surface area (Å²) in [6, 6.07) is -0.920. The van der Waals surface area contributed by atoms with Crippen molar-refractivity contribution in [1.82, 2.24) is 9.80 Å². The number of nitrogens with two attached hydrogens (primary N) is 1. The molecule has 0 aromatic carbocycles. The molecule has 9 heteroatoms. The molecule has 0 saturated carbocycles. The van der Waals surface area contributed by atoms with Gasteiger partial charge in [0.05, 0.1) is 5.92 Å². The van der Waals surface area contributed by atoms with Crippen LogP contribution >= 0.6 is 0 Å². The maximum absolute atomic E-state index is 12.3. The van der Waals surface area contributed by atoms with Crippen LogP contribution in [0.2, 0.25) is 0 Å². The lowest BCUT2D eigenvalue weighted by atomic mass is 9.93. The van der Waals surface area contributed by atoms with Gasteiger partial charge in [-0.15, -0.1) is 0 Å². The molecule has 21 heavy (non-hydrogen) atoms. The minimum absolute atomic E-state index is 0.0745. The molecule has 1 heterocycles. The highest BCUT2D eigenvalue weighted by Gasteiger charge is 2.34. The van der Waals surface area contributed by atoms with Crippen molar-refractivity contribution in [2.24, 2.45) is 11.7 Å². The molecule has 3 amide bonds. The summed E-state index contributed by atoms with van der Waals surface area (Å²) in [4.78, 5) is 47.1. The van der Waals surface area contributed by atoms with Gasteiger partial charge in [-0.3, -0.25) is 14.4 Å². The zero-order valence-electron chi connectivity index (χ0n) is 11.7. The maximum atomic E-state index is 12.3. The molecule has 0 bridgehead atoms. The van der Waals surface area contributed by atoms with Gasteiger partial charge >= 0.3 is 18.0 Å². The highest BCUT2D eigenvalue weighted by molar-refractivity contribution is 5.85. The summed E-state index contributed by atoms with van der Waals surface area (Å²) in [6.07, 6.45) is 1.10. The molecule has 1 saturated heterocycles. The Labute approximate surface area is 121 Å². The van der Waals surface area contributed by atoms with Crippen molar-refractivity contribution < 1.29 is 29.4 Å². The molecule has 0 aromatic heterocycles. The zero-order valence-corrected chi connectivity index (χ0v) is 11.7. The zero-order chi connectivity index (χ0) is 16.2. The average molecular weight is 301 g/mol. The number of piperidine rings is 1. The van der Waals surface area contributed by atoms with Crippen LogP contribution in [-0.4, -0.2) is 69.6 Å². The standard InChI is InChI=1S/C12H19N3O6/c1-7-2-3-8(11(13)20)4-15(7)12(21)14(5-9(16)17)6-10(18)19/h7-8H,2-6H2,1H3,(H2,13,20)(H,16,17)(H,18,19). The third kappa shape index (κ3) is 4.62. The number of rotatable bonds is 5. The Morgan fingerprint density at radius 3 is 2.10 bits per heavy atom. The summed E-state index contributed by atoms with van der Waals surface area (Å²) in [5.41, 5.74) is 5.23. The van der Waals surface area contributed by atoms with Crippen molar-refractivity contribution in [2.75, 3.05) is 19.6 Å². The van der Waals surface area contributed by atoms with E-state index in [1.807, 2.05) is 0 Å². The Morgan fingerprint density at radius 2 is 1.67 bits per heavy atom. The fraction of sp³-hybridized carbons (Fsp3) is 0.667. The molecule has 2 unspecified atom stereocenters. The van der Waals surface area contributed by atoms with E-state index in [4.69, 9.17) is 15.9 Å². The quantitative estimate of drug-likeness (QED) is 0.604. The molecular formula is C12H19N3O6. The summed E-state index contributed by atoms with van der Waals surface area (Å²) in [5, 5.41) is 17.5. The maximum Gasteiger partial charge on any atom is 0.323 e. The molecule has 1 fully saturated rings. The topological polar surface area (TPSA) is 141 Å². The van der Waals surface area contributed by atoms with Crippen molar-refractivity contribution in [3.8, 4) is 0 Å². The van der Waals surface area contributed by atoms with Crippen molar-refractivity contribution in [3.63, 3.8) is 0 Å². The molecule has 1 aliphatic heterocycles. The van der Waals surface area contributed by atoms with E-state index in [9.17, 15) is 19.2 Å². The van der Waals surface area contributed by atoms with Gasteiger partial charge in [0.25, 0.3) is 0 Å². The van der Waals surface area contributed by atoms with Crippen LogP contribution in [0.1, 0.15) is 19.8 Å². The van der Waals surface area contributed by atoms with E-state index in [0.717, 1.165) is 4.90 Å². The van der Waals surface area contributed by atoms with Gasteiger partial charge in [0, 0.05) is 12.6 Å². The van der Waals surface area contributed by atoms with E-state index < -0.39 is 42.9 Å². The number of hydrogen-bond acceptors (Lipinski definition) is 4. The van der Waals surface area contributed by atoms with E-state index in [-0.39, 0.29) is 12.6 Å². The van der Waals surface area contributed by atoms with Gasteiger partial charge in [-0.1, -0.05) is 0 Å². The number of carbonyl (C=O) groups excluding carboxylic acids is 2. The number of carboxylic acid groups (broad SMARTS) is 2. The molecule has 0 radical (unpaired) electrons. The van der Waals surface area contributed by atoms with Crippen LogP contribution in [0.4, 0.5) is 4.79 Å². The van der Waals surface area contributed by atoms with Gasteiger partial charge in [-0.05, 0) is 19.8 Å². The lowest BCUT2D eigenvalue weighted by molar-refractivity contribution is -0.141. The molecule has 4 N–H and O–H groups in total. The van der Waals surface area contributed by atoms with Crippen molar-refractivity contribution in [1.29, 1.82) is 0 Å². The fourth-order valence-electron chi connectivity index (χ4n) is 2.31. The first kappa shape index (κ1) is 16.7. The number of aliphatic carboxylic acids is 2. The Hall–Kier alpha value is -2.32. The summed E-state index contributed by atoms with van der Waals surface area (Å²) in [7, 11) is 0. The molecular weight excluding hydrogens is 282 g/mol. The number of carbonyl (C=O) groups is 4. The third-order valence-corrected chi connectivity index (χ3v) is 3.45. The summed E-state index contributed by atoms with van der Waals surface area (Å²) >= 11 is 0. The summed E-state index contributed by atoms with van der Waals surface area (Å²) < 4.78 is 0. The van der Waals surface area contributed by atoms with Crippen molar-refractivity contribution >= 4 is 23.9 Å². The molecule has 0 aromatic rings. The fourth-order valence-corrected chi connectivity index (χ4v) is 2.31. The Morgan fingerprint density at radius 1 is 1.14 bits per heavy atom. The Kier molecular flexibility index (Phi) is 5.51. The second kappa shape index (κ2) is 6.91. The SMILES string of the molecule is CC1CCC(C(N)=O)CN1C(=O)N(CC(=O)O)CC(=O)O. The van der Waals surface area contributed by atoms with Crippen LogP contribution in [-0.2, 0) is 14.4 Å². The molecule has 118 valence electrons. The largest absolute Gasteiger partial charge is 0.480 e. The first-order chi connectivity index (χ1) is 9.72. The van der Waals surface area contributed by atoms with Gasteiger partial charge < -0.3 is 25.7 Å². The number of nitrogens with zero attached hydrogens (tertiary/aromatic N) is 2. The lowest BCUT2D eigenvalue weighted by Gasteiger charge is -2.39. The second-order valence-corrected chi connectivity index (χ2v) is 5.10. The number of carboxylic acids is 2. The van der Waals surface area contributed by atoms with Crippen LogP contribution in [0.25, 0.3) is 0 Å². The van der Waals surface area contributed by atoms with E-state index >= 15 is 0 Å². The van der Waals surface area contributed by atoms with Gasteiger partial charge in [-0.25, -0.2) is 4.79 Å². The van der Waals surface area contributed by atoms with Gasteiger partial charge in [0.15, 0.2) is 0 Å². The van der Waals surface area contributed by atoms with E-state index in [1.54, 1.807) is 6.92 Å². The predicted molar refractivity (Wildman–Crippen MR) is 70.3 cm³/mol. The smallest absolute Gasteiger partial charge is 0.323 e.